The Morgan fingerprint density at radius 3 is 2.65 bits per heavy atom. The van der Waals surface area contributed by atoms with Crippen LogP contribution in [-0.4, -0.2) is 55.5 Å². The number of hydrogen-bond acceptors (Lipinski definition) is 5. The molecule has 6 nitrogen and oxygen atoms in total. The molecule has 1 aromatic carbocycles. The van der Waals surface area contributed by atoms with Crippen molar-refractivity contribution in [2.75, 3.05) is 26.7 Å². The maximum absolute atomic E-state index is 13.0. The van der Waals surface area contributed by atoms with Gasteiger partial charge in [-0.25, -0.2) is 8.42 Å². The van der Waals surface area contributed by atoms with Gasteiger partial charge >= 0.3 is 0 Å². The Morgan fingerprint density at radius 2 is 2.00 bits per heavy atom. The van der Waals surface area contributed by atoms with Gasteiger partial charge in [0.25, 0.3) is 0 Å². The van der Waals surface area contributed by atoms with Gasteiger partial charge in [-0.1, -0.05) is 35.5 Å². The van der Waals surface area contributed by atoms with E-state index in [-0.39, 0.29) is 10.9 Å². The summed E-state index contributed by atoms with van der Waals surface area (Å²) in [5.74, 6) is 0.363. The fourth-order valence-corrected chi connectivity index (χ4v) is 5.41. The first-order valence-corrected chi connectivity index (χ1v) is 10.5. The van der Waals surface area contributed by atoms with Crippen LogP contribution in [0.3, 0.4) is 0 Å². The number of rotatable bonds is 6. The van der Waals surface area contributed by atoms with Gasteiger partial charge in [0.2, 0.25) is 10.0 Å². The zero-order valence-corrected chi connectivity index (χ0v) is 16.5. The Labute approximate surface area is 155 Å². The van der Waals surface area contributed by atoms with E-state index >= 15 is 0 Å². The third-order valence-electron chi connectivity index (χ3n) is 5.14. The minimum Gasteiger partial charge on any atom is -0.360 e. The second-order valence-electron chi connectivity index (χ2n) is 7.03. The molecule has 2 aromatic rings. The maximum atomic E-state index is 13.0. The van der Waals surface area contributed by atoms with Crippen LogP contribution in [0, 0.1) is 13.8 Å². The number of hydrogen-bond donors (Lipinski definition) is 0. The SMILES string of the molecule is Cc1noc(C)c1S(=O)(=O)N1CCCC(N(C)CCc2ccccc2)C1. The first kappa shape index (κ1) is 19.1. The predicted molar refractivity (Wildman–Crippen MR) is 101 cm³/mol. The molecule has 26 heavy (non-hydrogen) atoms. The molecule has 0 radical (unpaired) electrons. The van der Waals surface area contributed by atoms with Crippen molar-refractivity contribution in [3.63, 3.8) is 0 Å². The van der Waals surface area contributed by atoms with Gasteiger partial charge in [-0.15, -0.1) is 0 Å². The Hall–Kier alpha value is -1.70. The molecule has 0 N–H and O–H groups in total. The lowest BCUT2D eigenvalue weighted by atomic mass is 10.1. The summed E-state index contributed by atoms with van der Waals surface area (Å²) >= 11 is 0. The highest BCUT2D eigenvalue weighted by Gasteiger charge is 2.35. The first-order chi connectivity index (χ1) is 12.4. The monoisotopic (exact) mass is 377 g/mol. The summed E-state index contributed by atoms with van der Waals surface area (Å²) in [5.41, 5.74) is 1.73. The number of aromatic nitrogens is 1. The van der Waals surface area contributed by atoms with E-state index in [2.05, 4.69) is 29.2 Å². The molecule has 0 bridgehead atoms. The van der Waals surface area contributed by atoms with Crippen molar-refractivity contribution >= 4 is 10.0 Å². The average Bonchev–Trinajstić information content (AvgIpc) is 2.99. The number of sulfonamides is 1. The highest BCUT2D eigenvalue weighted by Crippen LogP contribution is 2.27. The predicted octanol–water partition coefficient (Wildman–Crippen LogP) is 2.62. The van der Waals surface area contributed by atoms with Crippen LogP contribution in [0.5, 0.6) is 0 Å². The minimum atomic E-state index is -3.56. The van der Waals surface area contributed by atoms with Gasteiger partial charge in [-0.05, 0) is 45.7 Å². The van der Waals surface area contributed by atoms with Crippen molar-refractivity contribution < 1.29 is 12.9 Å². The van der Waals surface area contributed by atoms with E-state index in [0.717, 1.165) is 25.8 Å². The van der Waals surface area contributed by atoms with Crippen LogP contribution in [0.25, 0.3) is 0 Å². The molecule has 1 fully saturated rings. The maximum Gasteiger partial charge on any atom is 0.248 e. The van der Waals surface area contributed by atoms with Gasteiger partial charge in [-0.2, -0.15) is 4.31 Å². The topological polar surface area (TPSA) is 66.7 Å². The van der Waals surface area contributed by atoms with Crippen LogP contribution in [0.4, 0.5) is 0 Å². The van der Waals surface area contributed by atoms with Crippen molar-refractivity contribution in [3.8, 4) is 0 Å². The third-order valence-corrected chi connectivity index (χ3v) is 7.25. The van der Waals surface area contributed by atoms with Crippen molar-refractivity contribution in [2.24, 2.45) is 0 Å². The smallest absolute Gasteiger partial charge is 0.248 e. The van der Waals surface area contributed by atoms with Gasteiger partial charge in [0.1, 0.15) is 10.6 Å². The molecular weight excluding hydrogens is 350 g/mol. The molecule has 0 saturated carbocycles. The normalized spacial score (nSPS) is 19.2. The van der Waals surface area contributed by atoms with Crippen molar-refractivity contribution in [1.82, 2.24) is 14.4 Å². The first-order valence-electron chi connectivity index (χ1n) is 9.07. The fourth-order valence-electron chi connectivity index (χ4n) is 3.60. The molecule has 7 heteroatoms. The van der Waals surface area contributed by atoms with E-state index < -0.39 is 10.0 Å². The summed E-state index contributed by atoms with van der Waals surface area (Å²) in [4.78, 5) is 2.51. The highest BCUT2D eigenvalue weighted by molar-refractivity contribution is 7.89. The van der Waals surface area contributed by atoms with Gasteiger partial charge in [0, 0.05) is 25.7 Å². The Kier molecular flexibility index (Phi) is 5.79. The van der Waals surface area contributed by atoms with Crippen LogP contribution in [0.1, 0.15) is 29.9 Å². The summed E-state index contributed by atoms with van der Waals surface area (Å²) in [6, 6.07) is 10.6. The molecule has 0 aliphatic carbocycles. The third kappa shape index (κ3) is 4.00. The van der Waals surface area contributed by atoms with E-state index in [1.54, 1.807) is 18.2 Å². The van der Waals surface area contributed by atoms with E-state index in [1.165, 1.54) is 5.56 Å². The molecule has 1 saturated heterocycles. The molecule has 0 amide bonds. The molecule has 142 valence electrons. The molecule has 2 heterocycles. The van der Waals surface area contributed by atoms with Crippen LogP contribution in [0.2, 0.25) is 0 Å². The number of benzene rings is 1. The van der Waals surface area contributed by atoms with Crippen molar-refractivity contribution in [1.29, 1.82) is 0 Å². The molecule has 1 atom stereocenters. The van der Waals surface area contributed by atoms with Crippen LogP contribution >= 0.6 is 0 Å². The van der Waals surface area contributed by atoms with Gasteiger partial charge in [-0.3, -0.25) is 0 Å². The van der Waals surface area contributed by atoms with E-state index in [4.69, 9.17) is 4.52 Å². The second kappa shape index (κ2) is 7.90. The molecule has 1 aliphatic rings. The molecule has 1 unspecified atom stereocenters. The zero-order valence-electron chi connectivity index (χ0n) is 15.7. The summed E-state index contributed by atoms with van der Waals surface area (Å²) in [5, 5.41) is 3.80. The molecule has 0 spiro atoms. The van der Waals surface area contributed by atoms with E-state index in [9.17, 15) is 8.42 Å². The summed E-state index contributed by atoms with van der Waals surface area (Å²) in [6.45, 7) is 5.30. The summed E-state index contributed by atoms with van der Waals surface area (Å²) in [7, 11) is -1.48. The summed E-state index contributed by atoms with van der Waals surface area (Å²) < 4.78 is 32.7. The molecule has 1 aliphatic heterocycles. The molecular formula is C19H27N3O3S. The highest BCUT2D eigenvalue weighted by atomic mass is 32.2. The van der Waals surface area contributed by atoms with Crippen molar-refractivity contribution in [2.45, 2.75) is 44.0 Å². The van der Waals surface area contributed by atoms with Gasteiger partial charge < -0.3 is 9.42 Å². The second-order valence-corrected chi connectivity index (χ2v) is 8.90. The Balaban J connectivity index is 1.67. The molecule has 3 rings (SSSR count). The largest absolute Gasteiger partial charge is 0.360 e. The number of piperidine rings is 1. The lowest BCUT2D eigenvalue weighted by molar-refractivity contribution is 0.164. The van der Waals surface area contributed by atoms with E-state index in [0.29, 0.717) is 24.5 Å². The number of nitrogens with zero attached hydrogens (tertiary/aromatic N) is 3. The quantitative estimate of drug-likeness (QED) is 0.774. The number of likely N-dealkylation sites (N-methyl/N-ethyl adjacent to an activating group) is 1. The van der Waals surface area contributed by atoms with Gasteiger partial charge in [0.05, 0.1) is 0 Å². The summed E-state index contributed by atoms with van der Waals surface area (Å²) in [6.07, 6.45) is 2.84. The van der Waals surface area contributed by atoms with Crippen molar-refractivity contribution in [3.05, 3.63) is 47.3 Å². The average molecular weight is 378 g/mol. The zero-order chi connectivity index (χ0) is 18.7. The van der Waals surface area contributed by atoms with Crippen LogP contribution in [-0.2, 0) is 16.4 Å². The van der Waals surface area contributed by atoms with E-state index in [1.807, 2.05) is 18.2 Å². The fraction of sp³-hybridized carbons (Fsp3) is 0.526. The lowest BCUT2D eigenvalue weighted by Gasteiger charge is -2.37. The van der Waals surface area contributed by atoms with Crippen LogP contribution in [0.15, 0.2) is 39.8 Å². The standard InChI is InChI=1S/C19H27N3O3S/c1-15-19(16(2)25-20-15)26(23,24)22-12-7-10-18(14-22)21(3)13-11-17-8-5-4-6-9-17/h4-6,8-9,18H,7,10-14H2,1-3H3. The van der Waals surface area contributed by atoms with Crippen LogP contribution < -0.4 is 0 Å². The van der Waals surface area contributed by atoms with Gasteiger partial charge in [0.15, 0.2) is 5.76 Å². The molecule has 1 aromatic heterocycles. The number of aryl methyl sites for hydroxylation is 2. The minimum absolute atomic E-state index is 0.225. The Morgan fingerprint density at radius 1 is 1.27 bits per heavy atom. The Bertz CT molecular complexity index is 813. The lowest BCUT2D eigenvalue weighted by Crippen LogP contribution is -2.49.